The highest BCUT2D eigenvalue weighted by Crippen LogP contribution is 2.49. The summed E-state index contributed by atoms with van der Waals surface area (Å²) >= 11 is 0. The van der Waals surface area contributed by atoms with Gasteiger partial charge in [-0.1, -0.05) is 0 Å². The number of anilines is 3. The Morgan fingerprint density at radius 3 is 2.94 bits per heavy atom. The third-order valence-electron chi connectivity index (χ3n) is 7.31. The number of aromatic nitrogens is 6. The zero-order chi connectivity index (χ0) is 25.1. The highest BCUT2D eigenvalue weighted by Gasteiger charge is 2.62. The highest BCUT2D eigenvalue weighted by molar-refractivity contribution is 5.90. The lowest BCUT2D eigenvalue weighted by molar-refractivity contribution is -0.0698. The monoisotopic (exact) mass is 493 g/mol. The molecule has 1 N–H and O–H groups in total. The molecule has 2 atom stereocenters. The van der Waals surface area contributed by atoms with Gasteiger partial charge >= 0.3 is 6.09 Å². The van der Waals surface area contributed by atoms with Gasteiger partial charge in [-0.2, -0.15) is 10.1 Å². The molecule has 190 valence electrons. The summed E-state index contributed by atoms with van der Waals surface area (Å²) in [5, 5.41) is 8.10. The van der Waals surface area contributed by atoms with Crippen LogP contribution in [0.5, 0.6) is 0 Å². The number of nitrogens with one attached hydrogen (secondary N) is 1. The number of amides is 1. The number of hydrogen-bond acceptors (Lipinski definition) is 10. The molecule has 0 saturated carbocycles. The molecule has 6 rings (SSSR count). The predicted molar refractivity (Wildman–Crippen MR) is 132 cm³/mol. The van der Waals surface area contributed by atoms with Crippen LogP contribution < -0.4 is 10.2 Å². The predicted octanol–water partition coefficient (Wildman–Crippen LogP) is 2.66. The van der Waals surface area contributed by atoms with Gasteiger partial charge in [-0.3, -0.25) is 9.58 Å². The van der Waals surface area contributed by atoms with Crippen molar-refractivity contribution in [1.82, 2.24) is 34.6 Å². The first kappa shape index (κ1) is 22.9. The van der Waals surface area contributed by atoms with Gasteiger partial charge < -0.3 is 19.7 Å². The lowest BCUT2D eigenvalue weighted by Gasteiger charge is -2.49. The van der Waals surface area contributed by atoms with Crippen molar-refractivity contribution in [1.29, 1.82) is 0 Å². The van der Waals surface area contributed by atoms with Crippen molar-refractivity contribution < 1.29 is 14.3 Å². The molecule has 3 saturated heterocycles. The Kier molecular flexibility index (Phi) is 5.25. The van der Waals surface area contributed by atoms with Crippen molar-refractivity contribution in [3.63, 3.8) is 0 Å². The third kappa shape index (κ3) is 3.71. The van der Waals surface area contributed by atoms with Crippen LogP contribution in [-0.2, 0) is 16.0 Å². The normalized spacial score (nSPS) is 24.3. The Hall–Kier alpha value is -3.54. The van der Waals surface area contributed by atoms with E-state index in [1.54, 1.807) is 12.3 Å². The number of aryl methyl sites for hydroxylation is 1. The van der Waals surface area contributed by atoms with Gasteiger partial charge in [0.2, 0.25) is 5.95 Å². The van der Waals surface area contributed by atoms with Crippen molar-refractivity contribution in [2.75, 3.05) is 36.5 Å². The van der Waals surface area contributed by atoms with E-state index >= 15 is 0 Å². The molecule has 0 radical (unpaired) electrons. The number of carbonyl (C=O) groups excluding carboxylic acids is 1. The maximum atomic E-state index is 12.7. The second-order valence-electron chi connectivity index (χ2n) is 10.4. The second-order valence-corrected chi connectivity index (χ2v) is 10.4. The zero-order valence-corrected chi connectivity index (χ0v) is 21.1. The first-order chi connectivity index (χ1) is 17.3. The Bertz CT molecular complexity index is 1310. The summed E-state index contributed by atoms with van der Waals surface area (Å²) in [5.41, 5.74) is 1.65. The van der Waals surface area contributed by atoms with Crippen molar-refractivity contribution >= 4 is 34.7 Å². The van der Waals surface area contributed by atoms with E-state index in [2.05, 4.69) is 20.2 Å². The number of nitrogens with zero attached hydrogens (tertiary/aromatic N) is 8. The SMILES string of the molecule is CCOCCn1nc(C)c2nc(N3C[C@]45C[C@H]3CN4C(=O)OC(C)(C)C5)nc(Nc3ccncn3)c21. The maximum absolute atomic E-state index is 12.7. The van der Waals surface area contributed by atoms with Crippen LogP contribution in [0.4, 0.5) is 22.4 Å². The third-order valence-corrected chi connectivity index (χ3v) is 7.31. The van der Waals surface area contributed by atoms with Crippen molar-refractivity contribution in [3.05, 3.63) is 24.3 Å². The van der Waals surface area contributed by atoms with Gasteiger partial charge in [-0.25, -0.2) is 19.7 Å². The molecule has 3 fully saturated rings. The van der Waals surface area contributed by atoms with Crippen LogP contribution in [0, 0.1) is 6.92 Å². The number of rotatable bonds is 7. The molecule has 0 unspecified atom stereocenters. The number of carbonyl (C=O) groups is 1. The summed E-state index contributed by atoms with van der Waals surface area (Å²) < 4.78 is 13.1. The van der Waals surface area contributed by atoms with Crippen LogP contribution >= 0.6 is 0 Å². The molecule has 12 heteroatoms. The Morgan fingerprint density at radius 2 is 2.17 bits per heavy atom. The largest absolute Gasteiger partial charge is 0.443 e. The maximum Gasteiger partial charge on any atom is 0.410 e. The Morgan fingerprint density at radius 1 is 1.31 bits per heavy atom. The molecular formula is C24H31N9O3. The van der Waals surface area contributed by atoms with Crippen LogP contribution in [0.1, 0.15) is 39.3 Å². The minimum Gasteiger partial charge on any atom is -0.443 e. The van der Waals surface area contributed by atoms with E-state index in [0.717, 1.165) is 29.6 Å². The van der Waals surface area contributed by atoms with Crippen LogP contribution in [0.25, 0.3) is 11.0 Å². The quantitative estimate of drug-likeness (QED) is 0.491. The molecule has 3 aromatic heterocycles. The van der Waals surface area contributed by atoms with Crippen LogP contribution in [0.3, 0.4) is 0 Å². The van der Waals surface area contributed by atoms with Gasteiger partial charge in [0, 0.05) is 32.3 Å². The molecule has 0 aliphatic carbocycles. The second kappa shape index (κ2) is 8.26. The average Bonchev–Trinajstić information content (AvgIpc) is 3.48. The number of fused-ring (bicyclic) bond motifs is 2. The van der Waals surface area contributed by atoms with E-state index in [1.165, 1.54) is 6.33 Å². The van der Waals surface area contributed by atoms with E-state index in [1.807, 2.05) is 37.3 Å². The van der Waals surface area contributed by atoms with E-state index in [9.17, 15) is 4.79 Å². The minimum atomic E-state index is -0.499. The van der Waals surface area contributed by atoms with E-state index in [0.29, 0.717) is 50.4 Å². The zero-order valence-electron chi connectivity index (χ0n) is 21.1. The Labute approximate surface area is 209 Å². The summed E-state index contributed by atoms with van der Waals surface area (Å²) in [6.07, 6.45) is 4.62. The molecule has 3 aliphatic rings. The lowest BCUT2D eigenvalue weighted by atomic mass is 9.84. The average molecular weight is 494 g/mol. The summed E-state index contributed by atoms with van der Waals surface area (Å²) in [6.45, 7) is 11.0. The van der Waals surface area contributed by atoms with Crippen molar-refractivity contribution in [2.45, 2.75) is 64.3 Å². The first-order valence-electron chi connectivity index (χ1n) is 12.4. The molecule has 6 heterocycles. The number of piperazine rings is 1. The molecule has 0 aromatic carbocycles. The van der Waals surface area contributed by atoms with Crippen LogP contribution in [0.15, 0.2) is 18.6 Å². The van der Waals surface area contributed by atoms with Gasteiger partial charge in [-0.15, -0.1) is 0 Å². The standard InChI is InChI=1S/C24H31N9O3/c1-5-35-9-8-33-19-18(15(2)30-33)28-21(29-20(19)27-17-6-7-25-14-26-17)31-13-24-10-16(31)11-32(24)22(34)36-23(3,4)12-24/h6-7,14,16H,5,8-13H2,1-4H3,(H,25,26,27,28,29)/t16-,24+/m0/s1. The van der Waals surface area contributed by atoms with E-state index in [4.69, 9.17) is 24.5 Å². The topological polar surface area (TPSA) is 123 Å². The number of ether oxygens (including phenoxy) is 2. The molecule has 2 bridgehead atoms. The van der Waals surface area contributed by atoms with Crippen LogP contribution in [-0.4, -0.2) is 84.2 Å². The molecular weight excluding hydrogens is 462 g/mol. The lowest BCUT2D eigenvalue weighted by Crippen LogP contribution is -2.63. The molecule has 3 aromatic rings. The molecule has 3 aliphatic heterocycles. The van der Waals surface area contributed by atoms with Gasteiger partial charge in [0.1, 0.15) is 28.8 Å². The molecule has 1 spiro atoms. The smallest absolute Gasteiger partial charge is 0.410 e. The summed E-state index contributed by atoms with van der Waals surface area (Å²) in [5.74, 6) is 1.90. The van der Waals surface area contributed by atoms with E-state index < -0.39 is 5.60 Å². The molecule has 12 nitrogen and oxygen atoms in total. The number of hydrogen-bond donors (Lipinski definition) is 1. The highest BCUT2D eigenvalue weighted by atomic mass is 16.6. The summed E-state index contributed by atoms with van der Waals surface area (Å²) in [7, 11) is 0. The minimum absolute atomic E-state index is 0.129. The summed E-state index contributed by atoms with van der Waals surface area (Å²) in [4.78, 5) is 35.2. The van der Waals surface area contributed by atoms with Gasteiger partial charge in [-0.05, 0) is 40.2 Å². The van der Waals surface area contributed by atoms with Crippen molar-refractivity contribution in [3.8, 4) is 0 Å². The fraction of sp³-hybridized carbons (Fsp3) is 0.583. The molecule has 1 amide bonds. The Balaban J connectivity index is 1.40. The van der Waals surface area contributed by atoms with Crippen LogP contribution in [0.2, 0.25) is 0 Å². The summed E-state index contributed by atoms with van der Waals surface area (Å²) in [6, 6.07) is 1.93. The van der Waals surface area contributed by atoms with E-state index in [-0.39, 0.29) is 17.7 Å². The fourth-order valence-electron chi connectivity index (χ4n) is 6.05. The van der Waals surface area contributed by atoms with Gasteiger partial charge in [0.05, 0.1) is 30.4 Å². The fourth-order valence-corrected chi connectivity index (χ4v) is 6.05. The van der Waals surface area contributed by atoms with Gasteiger partial charge in [0.25, 0.3) is 0 Å². The number of cyclic esters (lactones) is 1. The first-order valence-corrected chi connectivity index (χ1v) is 12.4. The van der Waals surface area contributed by atoms with Gasteiger partial charge in [0.15, 0.2) is 5.82 Å². The van der Waals surface area contributed by atoms with Crippen molar-refractivity contribution in [2.24, 2.45) is 0 Å². The molecule has 36 heavy (non-hydrogen) atoms.